The quantitative estimate of drug-likeness (QED) is 0.818. The van der Waals surface area contributed by atoms with E-state index in [4.69, 9.17) is 4.74 Å². The molecule has 1 atom stereocenters. The lowest BCUT2D eigenvalue weighted by atomic mass is 9.97. The number of aryl methyl sites for hydroxylation is 1. The van der Waals surface area contributed by atoms with E-state index in [1.165, 1.54) is 6.07 Å². The van der Waals surface area contributed by atoms with Crippen LogP contribution < -0.4 is 5.43 Å². The third-order valence-corrected chi connectivity index (χ3v) is 4.13. The molecule has 0 amide bonds. The molecule has 2 aromatic rings. The van der Waals surface area contributed by atoms with Crippen molar-refractivity contribution in [3.8, 4) is 11.4 Å². The minimum atomic E-state index is -0.574. The van der Waals surface area contributed by atoms with Crippen LogP contribution in [-0.4, -0.2) is 22.1 Å². The van der Waals surface area contributed by atoms with Crippen LogP contribution in [0.3, 0.4) is 0 Å². The second-order valence-corrected chi connectivity index (χ2v) is 6.14. The molecule has 0 saturated heterocycles. The van der Waals surface area contributed by atoms with Crippen molar-refractivity contribution in [3.05, 3.63) is 51.4 Å². The van der Waals surface area contributed by atoms with Gasteiger partial charge in [-0.3, -0.25) is 9.78 Å². The largest absolute Gasteiger partial charge is 0.462 e. The number of ether oxygens (including phenoxy) is 1. The molecule has 2 aromatic heterocycles. The molecule has 0 unspecified atom stereocenters. The Morgan fingerprint density at radius 3 is 2.78 bits per heavy atom. The Morgan fingerprint density at radius 1 is 1.39 bits per heavy atom. The maximum absolute atomic E-state index is 12.3. The second kappa shape index (κ2) is 5.65. The highest BCUT2D eigenvalue weighted by atomic mass is 16.5. The molecule has 0 N–H and O–H groups in total. The van der Waals surface area contributed by atoms with E-state index >= 15 is 0 Å². The van der Waals surface area contributed by atoms with Gasteiger partial charge >= 0.3 is 5.97 Å². The van der Waals surface area contributed by atoms with Gasteiger partial charge in [-0.2, -0.15) is 0 Å². The first-order chi connectivity index (χ1) is 10.9. The van der Waals surface area contributed by atoms with Crippen LogP contribution in [0.1, 0.15) is 48.4 Å². The number of esters is 1. The van der Waals surface area contributed by atoms with Crippen molar-refractivity contribution in [1.29, 1.82) is 0 Å². The number of fused-ring (bicyclic) bond motifs is 3. The van der Waals surface area contributed by atoms with E-state index < -0.39 is 5.97 Å². The number of rotatable bonds is 3. The van der Waals surface area contributed by atoms with E-state index in [0.29, 0.717) is 5.92 Å². The molecule has 0 bridgehead atoms. The summed E-state index contributed by atoms with van der Waals surface area (Å²) in [4.78, 5) is 28.9. The van der Waals surface area contributed by atoms with Crippen molar-refractivity contribution >= 4 is 5.97 Å². The Morgan fingerprint density at radius 2 is 2.13 bits per heavy atom. The number of aromatic nitrogens is 2. The zero-order valence-corrected chi connectivity index (χ0v) is 13.8. The van der Waals surface area contributed by atoms with Crippen molar-refractivity contribution in [2.45, 2.75) is 33.7 Å². The Kier molecular flexibility index (Phi) is 3.80. The summed E-state index contributed by atoms with van der Waals surface area (Å²) >= 11 is 0. The summed E-state index contributed by atoms with van der Waals surface area (Å²) in [6.07, 6.45) is 1.62. The summed E-state index contributed by atoms with van der Waals surface area (Å²) in [6.45, 7) is 8.13. The van der Waals surface area contributed by atoms with Gasteiger partial charge in [-0.05, 0) is 25.8 Å². The minimum absolute atomic E-state index is 0.0573. The molecule has 0 aliphatic carbocycles. The molecular formula is C18H20N2O3. The van der Waals surface area contributed by atoms with E-state index in [0.717, 1.165) is 22.6 Å². The summed E-state index contributed by atoms with van der Waals surface area (Å²) in [5.41, 5.74) is 3.34. The molecule has 3 rings (SSSR count). The van der Waals surface area contributed by atoms with Crippen LogP contribution in [0.5, 0.6) is 0 Å². The highest BCUT2D eigenvalue weighted by Gasteiger charge is 2.32. The van der Waals surface area contributed by atoms with Gasteiger partial charge in [0.15, 0.2) is 5.43 Å². The Labute approximate surface area is 134 Å². The predicted molar refractivity (Wildman–Crippen MR) is 87.6 cm³/mol. The molecule has 120 valence electrons. The van der Waals surface area contributed by atoms with Gasteiger partial charge < -0.3 is 9.30 Å². The monoisotopic (exact) mass is 312 g/mol. The average molecular weight is 312 g/mol. The van der Waals surface area contributed by atoms with Crippen LogP contribution in [0.25, 0.3) is 11.4 Å². The van der Waals surface area contributed by atoms with Gasteiger partial charge in [-0.1, -0.05) is 19.9 Å². The van der Waals surface area contributed by atoms with Crippen molar-refractivity contribution in [1.82, 2.24) is 9.55 Å². The molecule has 23 heavy (non-hydrogen) atoms. The van der Waals surface area contributed by atoms with E-state index in [2.05, 4.69) is 24.9 Å². The van der Waals surface area contributed by atoms with Gasteiger partial charge in [0, 0.05) is 23.5 Å². The van der Waals surface area contributed by atoms with Crippen LogP contribution in [0.4, 0.5) is 0 Å². The van der Waals surface area contributed by atoms with Crippen LogP contribution in [0.15, 0.2) is 29.2 Å². The molecule has 0 radical (unpaired) electrons. The van der Waals surface area contributed by atoms with E-state index in [-0.39, 0.29) is 23.6 Å². The SMILES string of the molecule is CCOC(=O)c1cn2c(cc1=O)-c1nc(C)ccc1[C@H]2C(C)C. The van der Waals surface area contributed by atoms with Crippen LogP contribution in [0, 0.1) is 12.8 Å². The van der Waals surface area contributed by atoms with Crippen LogP contribution >= 0.6 is 0 Å². The molecule has 1 aliphatic rings. The lowest BCUT2D eigenvalue weighted by molar-refractivity contribution is 0.0523. The van der Waals surface area contributed by atoms with E-state index in [1.807, 2.05) is 17.6 Å². The highest BCUT2D eigenvalue weighted by molar-refractivity contribution is 5.89. The molecule has 5 nitrogen and oxygen atoms in total. The number of carbonyl (C=O) groups is 1. The maximum Gasteiger partial charge on any atom is 0.343 e. The van der Waals surface area contributed by atoms with Crippen LogP contribution in [-0.2, 0) is 4.74 Å². The smallest absolute Gasteiger partial charge is 0.343 e. The van der Waals surface area contributed by atoms with Gasteiger partial charge in [-0.15, -0.1) is 0 Å². The fraction of sp³-hybridized carbons (Fsp3) is 0.389. The molecule has 0 saturated carbocycles. The first kappa shape index (κ1) is 15.5. The first-order valence-corrected chi connectivity index (χ1v) is 7.85. The molecule has 3 heterocycles. The zero-order chi connectivity index (χ0) is 16.7. The van der Waals surface area contributed by atoms with Gasteiger partial charge in [0.05, 0.1) is 24.0 Å². The number of carbonyl (C=O) groups excluding carboxylic acids is 1. The van der Waals surface area contributed by atoms with E-state index in [1.54, 1.807) is 13.1 Å². The highest BCUT2D eigenvalue weighted by Crippen LogP contribution is 2.41. The number of nitrogens with zero attached hydrogens (tertiary/aromatic N) is 2. The van der Waals surface area contributed by atoms with Crippen molar-refractivity contribution in [2.75, 3.05) is 6.61 Å². The molecular weight excluding hydrogens is 292 g/mol. The second-order valence-electron chi connectivity index (χ2n) is 6.14. The standard InChI is InChI=1S/C18H20N2O3/c1-5-23-18(22)13-9-20-14(8-15(13)21)16-12(17(20)10(2)3)7-6-11(4)19-16/h6-10,17H,5H2,1-4H3/t17-/m1/s1. The van der Waals surface area contributed by atoms with Crippen molar-refractivity contribution in [3.63, 3.8) is 0 Å². The van der Waals surface area contributed by atoms with Crippen LogP contribution in [0.2, 0.25) is 0 Å². The summed E-state index contributed by atoms with van der Waals surface area (Å²) in [6, 6.07) is 5.59. The zero-order valence-electron chi connectivity index (χ0n) is 13.8. The number of hydrogen-bond acceptors (Lipinski definition) is 4. The fourth-order valence-electron chi connectivity index (χ4n) is 3.17. The summed E-state index contributed by atoms with van der Waals surface area (Å²) in [5.74, 6) is -0.271. The topological polar surface area (TPSA) is 61.2 Å². The molecule has 5 heteroatoms. The lowest BCUT2D eigenvalue weighted by Crippen LogP contribution is -2.22. The fourth-order valence-corrected chi connectivity index (χ4v) is 3.17. The lowest BCUT2D eigenvalue weighted by Gasteiger charge is -2.20. The third-order valence-electron chi connectivity index (χ3n) is 4.13. The minimum Gasteiger partial charge on any atom is -0.462 e. The Hall–Kier alpha value is -2.43. The molecule has 0 spiro atoms. The average Bonchev–Trinajstić information content (AvgIpc) is 2.79. The van der Waals surface area contributed by atoms with Crippen molar-refractivity contribution < 1.29 is 9.53 Å². The predicted octanol–water partition coefficient (Wildman–Crippen LogP) is 2.95. The number of hydrogen-bond donors (Lipinski definition) is 0. The first-order valence-electron chi connectivity index (χ1n) is 7.85. The van der Waals surface area contributed by atoms with Gasteiger partial charge in [0.2, 0.25) is 0 Å². The molecule has 1 aliphatic heterocycles. The normalized spacial score (nSPS) is 15.4. The Bertz CT molecular complexity index is 837. The number of pyridine rings is 2. The molecule has 0 fully saturated rings. The third kappa shape index (κ3) is 2.46. The summed E-state index contributed by atoms with van der Waals surface area (Å²) < 4.78 is 6.97. The van der Waals surface area contributed by atoms with Gasteiger partial charge in [0.1, 0.15) is 5.56 Å². The maximum atomic E-state index is 12.3. The summed E-state index contributed by atoms with van der Waals surface area (Å²) in [7, 11) is 0. The Balaban J connectivity index is 2.23. The summed E-state index contributed by atoms with van der Waals surface area (Å²) in [5, 5.41) is 0. The van der Waals surface area contributed by atoms with Gasteiger partial charge in [0.25, 0.3) is 0 Å². The van der Waals surface area contributed by atoms with Crippen molar-refractivity contribution in [2.24, 2.45) is 5.92 Å². The van der Waals surface area contributed by atoms with Gasteiger partial charge in [-0.25, -0.2) is 4.79 Å². The molecule has 0 aromatic carbocycles. The van der Waals surface area contributed by atoms with E-state index in [9.17, 15) is 9.59 Å².